The number of rotatable bonds is 1. The van der Waals surface area contributed by atoms with E-state index in [-0.39, 0.29) is 11.8 Å². The Morgan fingerprint density at radius 1 is 1.50 bits per heavy atom. The number of hydrogen-bond acceptors (Lipinski definition) is 2. The number of nitrogens with zero attached hydrogens (tertiary/aromatic N) is 2. The molecule has 1 unspecified atom stereocenters. The van der Waals surface area contributed by atoms with Gasteiger partial charge >= 0.3 is 0 Å². The standard InChI is InChI=1S/C16H13ClN2O/c1-2-3-4-7-19-15(20)10-12-8-11-9-13(17)5-6-14(11)16(12)18-19/h2,5-6,9,12H,1,7-8,10H2. The van der Waals surface area contributed by atoms with Crippen LogP contribution in [-0.4, -0.2) is 23.2 Å². The molecule has 20 heavy (non-hydrogen) atoms. The molecular weight excluding hydrogens is 272 g/mol. The fraction of sp³-hybridized carbons (Fsp3) is 0.250. The SMILES string of the molecule is C=CC#CCN1N=C2c3ccc(Cl)cc3CC2CC1=O. The molecule has 1 amide bonds. The first kappa shape index (κ1) is 13.0. The van der Waals surface area contributed by atoms with Crippen molar-refractivity contribution in [3.8, 4) is 11.8 Å². The number of halogens is 1. The van der Waals surface area contributed by atoms with Crippen molar-refractivity contribution < 1.29 is 4.79 Å². The third-order valence-corrected chi connectivity index (χ3v) is 3.80. The lowest BCUT2D eigenvalue weighted by Crippen LogP contribution is -2.36. The van der Waals surface area contributed by atoms with Crippen LogP contribution in [0.25, 0.3) is 0 Å². The number of hydrogen-bond donors (Lipinski definition) is 0. The zero-order chi connectivity index (χ0) is 14.1. The Morgan fingerprint density at radius 3 is 3.15 bits per heavy atom. The van der Waals surface area contributed by atoms with Gasteiger partial charge in [-0.15, -0.1) is 0 Å². The van der Waals surface area contributed by atoms with Crippen LogP contribution in [0.15, 0.2) is 36.0 Å². The molecule has 0 saturated heterocycles. The van der Waals surface area contributed by atoms with E-state index >= 15 is 0 Å². The molecule has 0 fully saturated rings. The zero-order valence-electron chi connectivity index (χ0n) is 10.9. The quantitative estimate of drug-likeness (QED) is 0.730. The van der Waals surface area contributed by atoms with Crippen molar-refractivity contribution in [1.82, 2.24) is 5.01 Å². The van der Waals surface area contributed by atoms with Gasteiger partial charge in [0.15, 0.2) is 0 Å². The summed E-state index contributed by atoms with van der Waals surface area (Å²) < 4.78 is 0. The van der Waals surface area contributed by atoms with E-state index in [0.29, 0.717) is 13.0 Å². The van der Waals surface area contributed by atoms with E-state index in [0.717, 1.165) is 22.7 Å². The summed E-state index contributed by atoms with van der Waals surface area (Å²) in [6, 6.07) is 5.81. The van der Waals surface area contributed by atoms with E-state index in [4.69, 9.17) is 11.6 Å². The minimum Gasteiger partial charge on any atom is -0.273 e. The van der Waals surface area contributed by atoms with Crippen molar-refractivity contribution in [3.05, 3.63) is 47.0 Å². The van der Waals surface area contributed by atoms with Crippen molar-refractivity contribution >= 4 is 23.2 Å². The molecule has 2 aliphatic rings. The summed E-state index contributed by atoms with van der Waals surface area (Å²) in [5.41, 5.74) is 3.26. The molecule has 3 rings (SSSR count). The number of allylic oxidation sites excluding steroid dienone is 1. The van der Waals surface area contributed by atoms with Crippen molar-refractivity contribution in [2.45, 2.75) is 12.8 Å². The minimum absolute atomic E-state index is 0.0241. The summed E-state index contributed by atoms with van der Waals surface area (Å²) in [5.74, 6) is 5.80. The topological polar surface area (TPSA) is 32.7 Å². The van der Waals surface area contributed by atoms with Crippen LogP contribution in [0.2, 0.25) is 5.02 Å². The van der Waals surface area contributed by atoms with E-state index in [1.165, 1.54) is 16.6 Å². The summed E-state index contributed by atoms with van der Waals surface area (Å²) in [5, 5.41) is 6.66. The maximum atomic E-state index is 12.0. The number of fused-ring (bicyclic) bond motifs is 3. The van der Waals surface area contributed by atoms with Crippen molar-refractivity contribution in [2.24, 2.45) is 11.0 Å². The summed E-state index contributed by atoms with van der Waals surface area (Å²) in [6.07, 6.45) is 2.84. The van der Waals surface area contributed by atoms with Crippen LogP contribution in [0, 0.1) is 17.8 Å². The average Bonchev–Trinajstić information content (AvgIpc) is 2.75. The Balaban J connectivity index is 1.94. The predicted molar refractivity (Wildman–Crippen MR) is 79.5 cm³/mol. The third kappa shape index (κ3) is 2.23. The van der Waals surface area contributed by atoms with Gasteiger partial charge in [-0.1, -0.05) is 36.1 Å². The zero-order valence-corrected chi connectivity index (χ0v) is 11.7. The van der Waals surface area contributed by atoms with Crippen LogP contribution < -0.4 is 0 Å². The summed E-state index contributed by atoms with van der Waals surface area (Å²) >= 11 is 6.02. The van der Waals surface area contributed by atoms with Crippen molar-refractivity contribution in [3.63, 3.8) is 0 Å². The predicted octanol–water partition coefficient (Wildman–Crippen LogP) is 2.64. The van der Waals surface area contributed by atoms with Crippen LogP contribution in [0.3, 0.4) is 0 Å². The molecule has 1 aromatic carbocycles. The molecule has 0 saturated carbocycles. The van der Waals surface area contributed by atoms with E-state index in [1.54, 1.807) is 0 Å². The lowest BCUT2D eigenvalue weighted by atomic mass is 9.98. The molecule has 3 nitrogen and oxygen atoms in total. The number of carbonyl (C=O) groups excluding carboxylic acids is 1. The summed E-state index contributed by atoms with van der Waals surface area (Å²) in [6.45, 7) is 3.84. The van der Waals surface area contributed by atoms with Gasteiger partial charge in [0, 0.05) is 22.9 Å². The Bertz CT molecular complexity index is 681. The first-order valence-electron chi connectivity index (χ1n) is 6.46. The van der Waals surface area contributed by atoms with Gasteiger partial charge in [0.2, 0.25) is 5.91 Å². The van der Waals surface area contributed by atoms with Crippen molar-refractivity contribution in [2.75, 3.05) is 6.54 Å². The maximum absolute atomic E-state index is 12.0. The average molecular weight is 285 g/mol. The van der Waals surface area contributed by atoms with E-state index < -0.39 is 0 Å². The monoisotopic (exact) mass is 284 g/mol. The first-order valence-corrected chi connectivity index (χ1v) is 6.84. The highest BCUT2D eigenvalue weighted by molar-refractivity contribution is 6.31. The van der Waals surface area contributed by atoms with Crippen LogP contribution in [-0.2, 0) is 11.2 Å². The van der Waals surface area contributed by atoms with Gasteiger partial charge in [0.1, 0.15) is 6.54 Å². The highest BCUT2D eigenvalue weighted by atomic mass is 35.5. The van der Waals surface area contributed by atoms with Crippen LogP contribution in [0.5, 0.6) is 0 Å². The van der Waals surface area contributed by atoms with Gasteiger partial charge < -0.3 is 0 Å². The molecule has 1 aromatic rings. The van der Waals surface area contributed by atoms with Crippen LogP contribution in [0.1, 0.15) is 17.5 Å². The smallest absolute Gasteiger partial charge is 0.244 e. The number of amides is 1. The molecule has 1 aliphatic carbocycles. The Hall–Kier alpha value is -2.05. The molecule has 0 radical (unpaired) electrons. The molecule has 0 N–H and O–H groups in total. The van der Waals surface area contributed by atoms with E-state index in [2.05, 4.69) is 23.5 Å². The third-order valence-electron chi connectivity index (χ3n) is 3.57. The van der Waals surface area contributed by atoms with Gasteiger partial charge in [0.05, 0.1) is 5.71 Å². The van der Waals surface area contributed by atoms with Crippen LogP contribution in [0.4, 0.5) is 0 Å². The summed E-state index contributed by atoms with van der Waals surface area (Å²) in [4.78, 5) is 12.0. The molecule has 0 aromatic heterocycles. The van der Waals surface area contributed by atoms with Gasteiger partial charge in [-0.3, -0.25) is 4.79 Å². The van der Waals surface area contributed by atoms with Gasteiger partial charge in [0.25, 0.3) is 0 Å². The summed E-state index contributed by atoms with van der Waals surface area (Å²) in [7, 11) is 0. The first-order chi connectivity index (χ1) is 9.69. The molecule has 1 aliphatic heterocycles. The molecule has 100 valence electrons. The van der Waals surface area contributed by atoms with Gasteiger partial charge in [-0.05, 0) is 30.2 Å². The molecular formula is C16H13ClN2O. The number of hydrazone groups is 1. The molecule has 1 atom stereocenters. The Labute approximate surface area is 122 Å². The minimum atomic E-state index is 0.0241. The largest absolute Gasteiger partial charge is 0.273 e. The highest BCUT2D eigenvalue weighted by Crippen LogP contribution is 2.34. The molecule has 0 spiro atoms. The molecule has 4 heteroatoms. The molecule has 1 heterocycles. The second kappa shape index (κ2) is 5.15. The fourth-order valence-corrected chi connectivity index (χ4v) is 2.88. The van der Waals surface area contributed by atoms with E-state index in [1.807, 2.05) is 18.2 Å². The second-order valence-electron chi connectivity index (χ2n) is 4.87. The van der Waals surface area contributed by atoms with Crippen molar-refractivity contribution in [1.29, 1.82) is 0 Å². The van der Waals surface area contributed by atoms with Gasteiger partial charge in [-0.2, -0.15) is 5.10 Å². The Morgan fingerprint density at radius 2 is 2.35 bits per heavy atom. The normalized spacial score (nSPS) is 19.6. The van der Waals surface area contributed by atoms with E-state index in [9.17, 15) is 4.79 Å². The van der Waals surface area contributed by atoms with Gasteiger partial charge in [-0.25, -0.2) is 5.01 Å². The fourth-order valence-electron chi connectivity index (χ4n) is 2.69. The lowest BCUT2D eigenvalue weighted by molar-refractivity contribution is -0.131. The van der Waals surface area contributed by atoms with Crippen LogP contribution >= 0.6 is 11.6 Å². The number of benzene rings is 1. The lowest BCUT2D eigenvalue weighted by Gasteiger charge is -2.24. The highest BCUT2D eigenvalue weighted by Gasteiger charge is 2.35. The maximum Gasteiger partial charge on any atom is 0.244 e. The second-order valence-corrected chi connectivity index (χ2v) is 5.30. The Kier molecular flexibility index (Phi) is 3.33. The molecule has 0 bridgehead atoms. The number of carbonyl (C=O) groups is 1.